The van der Waals surface area contributed by atoms with Crippen molar-refractivity contribution in [3.05, 3.63) is 74.8 Å². The summed E-state index contributed by atoms with van der Waals surface area (Å²) in [5.41, 5.74) is -0.944. The zero-order valence-electron chi connectivity index (χ0n) is 22.9. The number of benzene rings is 2. The van der Waals surface area contributed by atoms with E-state index >= 15 is 8.78 Å². The van der Waals surface area contributed by atoms with Crippen molar-refractivity contribution in [2.75, 3.05) is 37.3 Å². The van der Waals surface area contributed by atoms with Gasteiger partial charge in [0.2, 0.25) is 0 Å². The number of hydrogen-bond donors (Lipinski definition) is 2. The highest BCUT2D eigenvalue weighted by atomic mass is 35.5. The third kappa shape index (κ3) is 4.85. The van der Waals surface area contributed by atoms with Crippen LogP contribution in [-0.2, 0) is 9.84 Å². The van der Waals surface area contributed by atoms with E-state index in [0.29, 0.717) is 37.4 Å². The summed E-state index contributed by atoms with van der Waals surface area (Å²) in [5.74, 6) is -2.78. The molecule has 1 aliphatic heterocycles. The predicted octanol–water partition coefficient (Wildman–Crippen LogP) is 4.93. The van der Waals surface area contributed by atoms with Crippen LogP contribution in [-0.4, -0.2) is 55.5 Å². The molecule has 1 saturated heterocycles. The number of fused-ring (bicyclic) bond motifs is 1. The van der Waals surface area contributed by atoms with E-state index in [-0.39, 0.29) is 33.2 Å². The third-order valence-electron chi connectivity index (χ3n) is 7.25. The van der Waals surface area contributed by atoms with Crippen LogP contribution in [0.1, 0.15) is 31.0 Å². The maximum absolute atomic E-state index is 17.0. The monoisotopic (exact) mass is 602 g/mol. The molecule has 2 aromatic carbocycles. The van der Waals surface area contributed by atoms with Crippen LogP contribution in [0.25, 0.3) is 27.7 Å². The summed E-state index contributed by atoms with van der Waals surface area (Å²) in [6.07, 6.45) is 2.50. The molecule has 1 fully saturated rings. The first-order valence-electron chi connectivity index (χ1n) is 13.0. The van der Waals surface area contributed by atoms with Crippen LogP contribution in [0.2, 0.25) is 5.02 Å². The van der Waals surface area contributed by atoms with Crippen LogP contribution >= 0.6 is 11.6 Å². The molecule has 3 heterocycles. The van der Waals surface area contributed by atoms with Gasteiger partial charge in [0.1, 0.15) is 11.6 Å². The Morgan fingerprint density at radius 1 is 1.10 bits per heavy atom. The van der Waals surface area contributed by atoms with Gasteiger partial charge >= 0.3 is 0 Å². The van der Waals surface area contributed by atoms with Crippen molar-refractivity contribution in [3.63, 3.8) is 0 Å². The lowest BCUT2D eigenvalue weighted by Gasteiger charge is -2.33. The number of phenols is 1. The topological polar surface area (TPSA) is 105 Å². The lowest BCUT2D eigenvalue weighted by Crippen LogP contribution is -2.45. The molecule has 0 spiro atoms. The summed E-state index contributed by atoms with van der Waals surface area (Å²) in [4.78, 5) is 20.1. The minimum atomic E-state index is -4.16. The Hall–Kier alpha value is -3.54. The van der Waals surface area contributed by atoms with Gasteiger partial charge in [0, 0.05) is 49.6 Å². The van der Waals surface area contributed by atoms with Gasteiger partial charge in [-0.25, -0.2) is 17.2 Å². The van der Waals surface area contributed by atoms with Gasteiger partial charge in [-0.3, -0.25) is 14.3 Å². The van der Waals surface area contributed by atoms with E-state index in [1.165, 1.54) is 18.2 Å². The third-order valence-corrected chi connectivity index (χ3v) is 8.66. The van der Waals surface area contributed by atoms with Crippen molar-refractivity contribution in [2.45, 2.75) is 31.6 Å². The molecule has 41 heavy (non-hydrogen) atoms. The smallest absolute Gasteiger partial charge is 0.276 e. The normalized spacial score (nSPS) is 14.3. The van der Waals surface area contributed by atoms with Gasteiger partial charge in [0.15, 0.2) is 20.5 Å². The molecular weight excluding hydrogens is 574 g/mol. The van der Waals surface area contributed by atoms with Crippen molar-refractivity contribution in [3.8, 4) is 22.6 Å². The van der Waals surface area contributed by atoms with Gasteiger partial charge in [-0.1, -0.05) is 31.5 Å². The first kappa shape index (κ1) is 29.0. The second-order valence-corrected chi connectivity index (χ2v) is 12.8. The summed E-state index contributed by atoms with van der Waals surface area (Å²) < 4.78 is 59.7. The number of pyridine rings is 2. The van der Waals surface area contributed by atoms with Crippen LogP contribution in [0.4, 0.5) is 14.5 Å². The quantitative estimate of drug-likeness (QED) is 0.334. The molecular formula is C29H29ClF2N4O4S. The summed E-state index contributed by atoms with van der Waals surface area (Å²) in [6, 6.07) is 6.51. The Labute approximate surface area is 241 Å². The van der Waals surface area contributed by atoms with Crippen LogP contribution in [0.15, 0.2) is 46.2 Å². The minimum Gasteiger partial charge on any atom is -0.507 e. The zero-order valence-corrected chi connectivity index (χ0v) is 24.5. The Bertz CT molecular complexity index is 1850. The number of sulfone groups is 1. The standard InChI is InChI=1S/C29H29ClF2N4O4S/c1-15(2)24-25(16(3)8-9-34-24)36-26-17(14-18(30)21(23(26)32)22-19(31)6-5-7-20(22)37)27(35-12-10-33-11-13-35)28(29(36)38)41(4,39)40/h5-9,14-15,33,37H,10-13H2,1-4H3. The van der Waals surface area contributed by atoms with E-state index in [4.69, 9.17) is 11.6 Å². The zero-order chi connectivity index (χ0) is 29.8. The second-order valence-electron chi connectivity index (χ2n) is 10.4. The van der Waals surface area contributed by atoms with E-state index in [9.17, 15) is 18.3 Å². The van der Waals surface area contributed by atoms with Gasteiger partial charge in [-0.05, 0) is 42.7 Å². The Balaban J connectivity index is 2.10. The molecule has 0 radical (unpaired) electrons. The highest BCUT2D eigenvalue weighted by Gasteiger charge is 2.33. The van der Waals surface area contributed by atoms with Crippen molar-refractivity contribution in [1.29, 1.82) is 0 Å². The molecule has 216 valence electrons. The van der Waals surface area contributed by atoms with E-state index in [2.05, 4.69) is 10.3 Å². The average Bonchev–Trinajstić information content (AvgIpc) is 2.90. The van der Waals surface area contributed by atoms with Gasteiger partial charge < -0.3 is 15.3 Å². The molecule has 2 N–H and O–H groups in total. The molecule has 2 aromatic heterocycles. The van der Waals surface area contributed by atoms with E-state index in [0.717, 1.165) is 16.9 Å². The number of nitrogens with zero attached hydrogens (tertiary/aromatic N) is 3. The fraction of sp³-hybridized carbons (Fsp3) is 0.310. The van der Waals surface area contributed by atoms with Gasteiger partial charge in [0.25, 0.3) is 5.56 Å². The van der Waals surface area contributed by atoms with Crippen molar-refractivity contribution in [2.24, 2.45) is 0 Å². The second kappa shape index (κ2) is 10.7. The summed E-state index contributed by atoms with van der Waals surface area (Å²) >= 11 is 6.62. The number of aromatic nitrogens is 2. The molecule has 4 aromatic rings. The highest BCUT2D eigenvalue weighted by Crippen LogP contribution is 2.45. The summed E-state index contributed by atoms with van der Waals surface area (Å²) in [5, 5.41) is 13.5. The molecule has 0 atom stereocenters. The van der Waals surface area contributed by atoms with Gasteiger partial charge in [-0.15, -0.1) is 0 Å². The number of aromatic hydroxyl groups is 1. The van der Waals surface area contributed by atoms with Crippen LogP contribution < -0.4 is 15.8 Å². The molecule has 12 heteroatoms. The van der Waals surface area contributed by atoms with E-state index in [1.807, 2.05) is 13.8 Å². The number of phenolic OH excluding ortho intramolecular Hbond substituents is 1. The number of hydrogen-bond acceptors (Lipinski definition) is 7. The Kier molecular flexibility index (Phi) is 7.56. The van der Waals surface area contributed by atoms with Crippen LogP contribution in [0.5, 0.6) is 5.75 Å². The number of aryl methyl sites for hydroxylation is 1. The van der Waals surface area contributed by atoms with E-state index < -0.39 is 48.8 Å². The lowest BCUT2D eigenvalue weighted by atomic mass is 9.98. The first-order valence-corrected chi connectivity index (χ1v) is 15.3. The molecule has 0 amide bonds. The van der Waals surface area contributed by atoms with Crippen LogP contribution in [0.3, 0.4) is 0 Å². The van der Waals surface area contributed by atoms with Gasteiger partial charge in [0.05, 0.1) is 33.2 Å². The number of nitrogens with one attached hydrogen (secondary N) is 1. The minimum absolute atomic E-state index is 0.0306. The molecule has 5 rings (SSSR count). The predicted molar refractivity (Wildman–Crippen MR) is 156 cm³/mol. The van der Waals surface area contributed by atoms with Crippen LogP contribution in [0, 0.1) is 18.6 Å². The van der Waals surface area contributed by atoms with Crippen molar-refractivity contribution >= 4 is 38.0 Å². The largest absolute Gasteiger partial charge is 0.507 e. The molecule has 0 unspecified atom stereocenters. The maximum atomic E-state index is 17.0. The van der Waals surface area contributed by atoms with Crippen molar-refractivity contribution < 1.29 is 22.3 Å². The fourth-order valence-corrected chi connectivity index (χ4v) is 6.74. The average molecular weight is 603 g/mol. The molecule has 0 aliphatic carbocycles. The maximum Gasteiger partial charge on any atom is 0.276 e. The molecule has 0 saturated carbocycles. The SMILES string of the molecule is Cc1ccnc(C(C)C)c1-n1c(=O)c(S(C)(=O)=O)c(N2CCNCC2)c2cc(Cl)c(-c3c(O)cccc3F)c(F)c21. The Morgan fingerprint density at radius 2 is 1.78 bits per heavy atom. The fourth-order valence-electron chi connectivity index (χ4n) is 5.46. The number of halogens is 3. The number of anilines is 1. The van der Waals surface area contributed by atoms with Gasteiger partial charge in [-0.2, -0.15) is 0 Å². The summed E-state index contributed by atoms with van der Waals surface area (Å²) in [6.45, 7) is 7.11. The van der Waals surface area contributed by atoms with Crippen molar-refractivity contribution in [1.82, 2.24) is 14.9 Å². The Morgan fingerprint density at radius 3 is 2.39 bits per heavy atom. The number of rotatable bonds is 5. The van der Waals surface area contributed by atoms with E-state index in [1.54, 1.807) is 24.1 Å². The first-order chi connectivity index (χ1) is 19.3. The highest BCUT2D eigenvalue weighted by molar-refractivity contribution is 7.90. The summed E-state index contributed by atoms with van der Waals surface area (Å²) in [7, 11) is -4.16. The molecule has 0 bridgehead atoms. The lowest BCUT2D eigenvalue weighted by molar-refractivity contribution is 0.471. The number of piperazine rings is 1. The molecule has 1 aliphatic rings. The molecule has 8 nitrogen and oxygen atoms in total.